The number of aromatic amines is 1. The number of rotatable bonds is 2. The zero-order chi connectivity index (χ0) is 21.4. The van der Waals surface area contributed by atoms with Gasteiger partial charge in [-0.3, -0.25) is 10.2 Å². The first-order valence-electron chi connectivity index (χ1n) is 10.4. The number of nitrogens with one attached hydrogen (secondary N) is 4. The summed E-state index contributed by atoms with van der Waals surface area (Å²) in [5, 5.41) is 5.14. The van der Waals surface area contributed by atoms with Crippen LogP contribution in [0.4, 0.5) is 4.79 Å². The molecule has 3 amide bonds. The molecule has 4 N–H and O–H groups in total. The van der Waals surface area contributed by atoms with Crippen LogP contribution in [0.5, 0.6) is 0 Å². The quantitative estimate of drug-likeness (QED) is 0.378. The van der Waals surface area contributed by atoms with Crippen molar-refractivity contribution in [1.82, 2.24) is 26.1 Å². The van der Waals surface area contributed by atoms with Crippen molar-refractivity contribution in [3.05, 3.63) is 77.1 Å². The van der Waals surface area contributed by atoms with Crippen LogP contribution in [0.1, 0.15) is 33.7 Å². The molecular weight excluding hydrogens is 390 g/mol. The van der Waals surface area contributed by atoms with Crippen molar-refractivity contribution >= 4 is 33.7 Å². The first-order valence-corrected chi connectivity index (χ1v) is 10.4. The number of amides is 3. The van der Waals surface area contributed by atoms with Crippen LogP contribution in [0.15, 0.2) is 54.6 Å². The van der Waals surface area contributed by atoms with Crippen molar-refractivity contribution in [2.45, 2.75) is 32.2 Å². The van der Waals surface area contributed by atoms with Crippen molar-refractivity contribution in [2.75, 3.05) is 0 Å². The predicted molar refractivity (Wildman–Crippen MR) is 120 cm³/mol. The molecule has 2 aromatic heterocycles. The van der Waals surface area contributed by atoms with Gasteiger partial charge < -0.3 is 10.3 Å². The van der Waals surface area contributed by atoms with Gasteiger partial charge in [-0.25, -0.2) is 15.2 Å². The standard InChI is InChI=1S/C24H23N5O2/c1-14-6-9-20-17(12-14)18-13-16(8-11-21(18)27-20)25-24(31)29-28-23(30)22-10-7-15-4-2-3-5-19(15)26-22/h2-7,9-10,12,16,27H,8,11,13H2,1H3,(H,28,30)(H2,25,29,31). The lowest BCUT2D eigenvalue weighted by Gasteiger charge is -2.23. The van der Waals surface area contributed by atoms with Crippen molar-refractivity contribution in [3.8, 4) is 0 Å². The Bertz CT molecular complexity index is 1310. The van der Waals surface area contributed by atoms with Crippen LogP contribution >= 0.6 is 0 Å². The van der Waals surface area contributed by atoms with Crippen LogP contribution in [0.25, 0.3) is 21.8 Å². The maximum atomic E-state index is 12.4. The average molecular weight is 413 g/mol. The molecule has 156 valence electrons. The molecule has 0 saturated carbocycles. The SMILES string of the molecule is Cc1ccc2[nH]c3c(c2c1)CC(NC(=O)NNC(=O)c1ccc2ccccc2n1)CC3. The monoisotopic (exact) mass is 413 g/mol. The Morgan fingerprint density at radius 3 is 2.84 bits per heavy atom. The van der Waals surface area contributed by atoms with Gasteiger partial charge in [0.25, 0.3) is 5.91 Å². The first kappa shape index (κ1) is 19.1. The third kappa shape index (κ3) is 3.82. The number of hydrogen-bond acceptors (Lipinski definition) is 3. The van der Waals surface area contributed by atoms with E-state index in [1.807, 2.05) is 30.3 Å². The van der Waals surface area contributed by atoms with Gasteiger partial charge in [0.05, 0.1) is 5.52 Å². The number of hydrogen-bond donors (Lipinski definition) is 4. The van der Waals surface area contributed by atoms with E-state index in [-0.39, 0.29) is 11.7 Å². The molecule has 0 radical (unpaired) electrons. The number of aryl methyl sites for hydroxylation is 2. The number of H-pyrrole nitrogens is 1. The van der Waals surface area contributed by atoms with Crippen LogP contribution in [-0.2, 0) is 12.8 Å². The Hall–Kier alpha value is -3.87. The van der Waals surface area contributed by atoms with Gasteiger partial charge in [0.2, 0.25) is 0 Å². The summed E-state index contributed by atoms with van der Waals surface area (Å²) >= 11 is 0. The van der Waals surface area contributed by atoms with E-state index in [2.05, 4.69) is 51.3 Å². The van der Waals surface area contributed by atoms with Crippen molar-refractivity contribution in [1.29, 1.82) is 0 Å². The molecule has 0 bridgehead atoms. The topological polar surface area (TPSA) is 98.9 Å². The summed E-state index contributed by atoms with van der Waals surface area (Å²) in [6.07, 6.45) is 2.47. The highest BCUT2D eigenvalue weighted by Crippen LogP contribution is 2.29. The summed E-state index contributed by atoms with van der Waals surface area (Å²) in [6.45, 7) is 2.08. The minimum Gasteiger partial charge on any atom is -0.358 e. The van der Waals surface area contributed by atoms with E-state index in [0.29, 0.717) is 0 Å². The lowest BCUT2D eigenvalue weighted by Crippen LogP contribution is -2.51. The van der Waals surface area contributed by atoms with Gasteiger partial charge >= 0.3 is 6.03 Å². The molecule has 0 fully saturated rings. The van der Waals surface area contributed by atoms with Crippen LogP contribution in [0.3, 0.4) is 0 Å². The molecular formula is C24H23N5O2. The van der Waals surface area contributed by atoms with E-state index in [4.69, 9.17) is 0 Å². The van der Waals surface area contributed by atoms with Gasteiger partial charge in [-0.05, 0) is 56.0 Å². The summed E-state index contributed by atoms with van der Waals surface area (Å²) in [4.78, 5) is 32.6. The maximum absolute atomic E-state index is 12.4. The van der Waals surface area contributed by atoms with Crippen LogP contribution in [-0.4, -0.2) is 27.9 Å². The summed E-state index contributed by atoms with van der Waals surface area (Å²) in [7, 11) is 0. The summed E-state index contributed by atoms with van der Waals surface area (Å²) in [6, 6.07) is 17.0. The van der Waals surface area contributed by atoms with Crippen LogP contribution in [0.2, 0.25) is 0 Å². The zero-order valence-electron chi connectivity index (χ0n) is 17.2. The van der Waals surface area contributed by atoms with E-state index < -0.39 is 11.9 Å². The molecule has 2 aromatic carbocycles. The number of urea groups is 1. The van der Waals surface area contributed by atoms with Crippen molar-refractivity contribution in [3.63, 3.8) is 0 Å². The minimum atomic E-state index is -0.459. The largest absolute Gasteiger partial charge is 0.358 e. The van der Waals surface area contributed by atoms with Crippen LogP contribution < -0.4 is 16.2 Å². The second-order valence-corrected chi connectivity index (χ2v) is 8.01. The molecule has 4 aromatic rings. The molecule has 7 nitrogen and oxygen atoms in total. The fraction of sp³-hybridized carbons (Fsp3) is 0.208. The normalized spacial score (nSPS) is 15.5. The zero-order valence-corrected chi connectivity index (χ0v) is 17.2. The van der Waals surface area contributed by atoms with E-state index in [1.165, 1.54) is 22.2 Å². The van der Waals surface area contributed by atoms with Gasteiger partial charge in [-0.15, -0.1) is 0 Å². The summed E-state index contributed by atoms with van der Waals surface area (Å²) in [5.41, 5.74) is 10.7. The number of carbonyl (C=O) groups is 2. The molecule has 1 atom stereocenters. The Kier molecular flexibility index (Phi) is 4.78. The molecule has 0 spiro atoms. The van der Waals surface area contributed by atoms with E-state index in [1.54, 1.807) is 6.07 Å². The van der Waals surface area contributed by atoms with Crippen molar-refractivity contribution in [2.24, 2.45) is 0 Å². The summed E-state index contributed by atoms with van der Waals surface area (Å²) < 4.78 is 0. The van der Waals surface area contributed by atoms with E-state index in [9.17, 15) is 9.59 Å². The lowest BCUT2D eigenvalue weighted by atomic mass is 9.91. The third-order valence-corrected chi connectivity index (χ3v) is 5.80. The molecule has 0 saturated heterocycles. The number of nitrogens with zero attached hydrogens (tertiary/aromatic N) is 1. The number of aromatic nitrogens is 2. The summed E-state index contributed by atoms with van der Waals surface area (Å²) in [5.74, 6) is -0.459. The maximum Gasteiger partial charge on any atom is 0.333 e. The molecule has 1 unspecified atom stereocenters. The van der Waals surface area contributed by atoms with Gasteiger partial charge in [0.15, 0.2) is 0 Å². The third-order valence-electron chi connectivity index (χ3n) is 5.80. The minimum absolute atomic E-state index is 0.00251. The Morgan fingerprint density at radius 1 is 1.06 bits per heavy atom. The van der Waals surface area contributed by atoms with E-state index >= 15 is 0 Å². The number of hydrazine groups is 1. The Morgan fingerprint density at radius 2 is 1.94 bits per heavy atom. The average Bonchev–Trinajstić information content (AvgIpc) is 3.14. The molecule has 7 heteroatoms. The van der Waals surface area contributed by atoms with E-state index in [0.717, 1.165) is 35.7 Å². The highest BCUT2D eigenvalue weighted by atomic mass is 16.2. The molecule has 2 heterocycles. The van der Waals surface area contributed by atoms with Crippen molar-refractivity contribution < 1.29 is 9.59 Å². The fourth-order valence-corrected chi connectivity index (χ4v) is 4.25. The number of fused-ring (bicyclic) bond motifs is 4. The van der Waals surface area contributed by atoms with Gasteiger partial charge in [-0.1, -0.05) is 35.9 Å². The molecule has 1 aliphatic rings. The van der Waals surface area contributed by atoms with Gasteiger partial charge in [0.1, 0.15) is 5.69 Å². The molecule has 0 aliphatic heterocycles. The lowest BCUT2D eigenvalue weighted by molar-refractivity contribution is 0.0931. The second-order valence-electron chi connectivity index (χ2n) is 8.01. The Labute approximate surface area is 179 Å². The van der Waals surface area contributed by atoms with Gasteiger partial charge in [0, 0.05) is 28.0 Å². The molecule has 1 aliphatic carbocycles. The first-order chi connectivity index (χ1) is 15.1. The van der Waals surface area contributed by atoms with Crippen LogP contribution in [0, 0.1) is 6.92 Å². The molecule has 5 rings (SSSR count). The highest BCUT2D eigenvalue weighted by molar-refractivity contribution is 5.95. The Balaban J connectivity index is 1.20. The number of para-hydroxylation sites is 1. The van der Waals surface area contributed by atoms with Gasteiger partial charge in [-0.2, -0.15) is 0 Å². The molecule has 31 heavy (non-hydrogen) atoms. The number of carbonyl (C=O) groups excluding carboxylic acids is 2. The number of benzene rings is 2. The highest BCUT2D eigenvalue weighted by Gasteiger charge is 2.24. The fourth-order valence-electron chi connectivity index (χ4n) is 4.25. The second kappa shape index (κ2) is 7.75. The number of pyridine rings is 1. The smallest absolute Gasteiger partial charge is 0.333 e. The predicted octanol–water partition coefficient (Wildman–Crippen LogP) is 3.53.